The molecule has 0 atom stereocenters. The number of anilines is 1. The molecule has 1 aromatic carbocycles. The van der Waals surface area contributed by atoms with Crippen LogP contribution < -0.4 is 5.32 Å². The van der Waals surface area contributed by atoms with Crippen LogP contribution in [0.3, 0.4) is 0 Å². The molecule has 2 aromatic heterocycles. The molecule has 0 aliphatic carbocycles. The minimum Gasteiger partial charge on any atom is -0.296 e. The maximum Gasteiger partial charge on any atom is 0.277 e. The molecule has 5 nitrogen and oxygen atoms in total. The van der Waals surface area contributed by atoms with Gasteiger partial charge in [0.1, 0.15) is 10.8 Å². The van der Waals surface area contributed by atoms with Crippen LogP contribution in [0.15, 0.2) is 30.6 Å². The van der Waals surface area contributed by atoms with Crippen LogP contribution in [0, 0.1) is 6.92 Å². The summed E-state index contributed by atoms with van der Waals surface area (Å²) >= 11 is 7.05. The summed E-state index contributed by atoms with van der Waals surface area (Å²) < 4.78 is 1.03. The number of carbonyl (C=O) groups excluding carboxylic acids is 1. The van der Waals surface area contributed by atoms with Crippen molar-refractivity contribution in [3.05, 3.63) is 47.0 Å². The first kappa shape index (κ1) is 13.0. The predicted molar refractivity (Wildman–Crippen MR) is 79.4 cm³/mol. The van der Waals surface area contributed by atoms with Gasteiger partial charge in [-0.25, -0.2) is 15.0 Å². The Morgan fingerprint density at radius 3 is 2.90 bits per heavy atom. The molecule has 100 valence electrons. The lowest BCUT2D eigenvalue weighted by atomic mass is 10.2. The predicted octanol–water partition coefficient (Wildman–Crippen LogP) is 3.30. The van der Waals surface area contributed by atoms with E-state index in [2.05, 4.69) is 20.3 Å². The van der Waals surface area contributed by atoms with Gasteiger partial charge in [0.25, 0.3) is 5.91 Å². The van der Waals surface area contributed by atoms with Crippen LogP contribution >= 0.6 is 22.9 Å². The molecule has 0 aliphatic rings. The molecule has 0 saturated carbocycles. The zero-order valence-electron chi connectivity index (χ0n) is 10.4. The summed E-state index contributed by atoms with van der Waals surface area (Å²) in [6, 6.07) is 5.95. The number of carbonyl (C=O) groups is 1. The minimum absolute atomic E-state index is 0.199. The summed E-state index contributed by atoms with van der Waals surface area (Å²) in [5, 5.41) is 3.49. The summed E-state index contributed by atoms with van der Waals surface area (Å²) in [7, 11) is 0. The number of nitrogens with zero attached hydrogens (tertiary/aromatic N) is 3. The average Bonchev–Trinajstić information content (AvgIpc) is 2.80. The van der Waals surface area contributed by atoms with Gasteiger partial charge in [-0.05, 0) is 24.6 Å². The quantitative estimate of drug-likeness (QED) is 0.788. The topological polar surface area (TPSA) is 67.8 Å². The molecule has 0 saturated heterocycles. The van der Waals surface area contributed by atoms with Gasteiger partial charge in [-0.3, -0.25) is 10.1 Å². The number of hydrogen-bond acceptors (Lipinski definition) is 5. The van der Waals surface area contributed by atoms with E-state index in [0.717, 1.165) is 15.8 Å². The highest BCUT2D eigenvalue weighted by Gasteiger charge is 2.11. The molecule has 1 amide bonds. The smallest absolute Gasteiger partial charge is 0.277 e. The Kier molecular flexibility index (Phi) is 3.33. The van der Waals surface area contributed by atoms with Gasteiger partial charge in [0.15, 0.2) is 5.13 Å². The number of aromatic nitrogens is 3. The van der Waals surface area contributed by atoms with Gasteiger partial charge in [-0.1, -0.05) is 29.0 Å². The van der Waals surface area contributed by atoms with Gasteiger partial charge < -0.3 is 0 Å². The number of benzene rings is 1. The van der Waals surface area contributed by atoms with E-state index in [9.17, 15) is 4.79 Å². The summed E-state index contributed by atoms with van der Waals surface area (Å²) in [5.74, 6) is -0.357. The third-order valence-corrected chi connectivity index (χ3v) is 3.75. The van der Waals surface area contributed by atoms with Gasteiger partial charge in [0.05, 0.1) is 22.6 Å². The van der Waals surface area contributed by atoms with Crippen molar-refractivity contribution in [1.82, 2.24) is 15.0 Å². The third kappa shape index (κ3) is 2.61. The monoisotopic (exact) mass is 304 g/mol. The summed E-state index contributed by atoms with van der Waals surface area (Å²) in [4.78, 5) is 24.1. The number of halogens is 1. The van der Waals surface area contributed by atoms with E-state index in [0.29, 0.717) is 5.13 Å². The normalized spacial score (nSPS) is 10.7. The van der Waals surface area contributed by atoms with Gasteiger partial charge in [-0.15, -0.1) is 0 Å². The highest BCUT2D eigenvalue weighted by atomic mass is 35.5. The fraction of sp³-hybridized carbons (Fsp3) is 0.0769. The molecule has 0 aliphatic heterocycles. The molecular weight excluding hydrogens is 296 g/mol. The first-order chi connectivity index (χ1) is 9.61. The molecule has 1 N–H and O–H groups in total. The Labute approximate surface area is 123 Å². The van der Waals surface area contributed by atoms with Crippen molar-refractivity contribution in [3.8, 4) is 0 Å². The fourth-order valence-electron chi connectivity index (χ4n) is 1.68. The Balaban J connectivity index is 1.85. The van der Waals surface area contributed by atoms with Crippen LogP contribution in [0.25, 0.3) is 10.2 Å². The van der Waals surface area contributed by atoms with Crippen molar-refractivity contribution < 1.29 is 4.79 Å². The van der Waals surface area contributed by atoms with Crippen LogP contribution in [-0.2, 0) is 0 Å². The summed E-state index contributed by atoms with van der Waals surface area (Å²) in [6.45, 7) is 2.01. The van der Waals surface area contributed by atoms with Crippen molar-refractivity contribution in [2.45, 2.75) is 6.92 Å². The van der Waals surface area contributed by atoms with E-state index < -0.39 is 0 Å². The Hall–Kier alpha value is -2.05. The van der Waals surface area contributed by atoms with Crippen LogP contribution in [-0.4, -0.2) is 20.9 Å². The molecule has 3 rings (SSSR count). The van der Waals surface area contributed by atoms with Gasteiger partial charge >= 0.3 is 0 Å². The Bertz CT molecular complexity index is 785. The van der Waals surface area contributed by atoms with Crippen molar-refractivity contribution >= 4 is 44.2 Å². The fourth-order valence-corrected chi connectivity index (χ4v) is 2.73. The van der Waals surface area contributed by atoms with E-state index in [1.54, 1.807) is 0 Å². The second-order valence-corrected chi connectivity index (χ2v) is 5.59. The maximum absolute atomic E-state index is 12.0. The third-order valence-electron chi connectivity index (χ3n) is 2.62. The van der Waals surface area contributed by atoms with E-state index in [-0.39, 0.29) is 16.8 Å². The van der Waals surface area contributed by atoms with E-state index >= 15 is 0 Å². The van der Waals surface area contributed by atoms with Crippen molar-refractivity contribution in [3.63, 3.8) is 0 Å². The summed E-state index contributed by atoms with van der Waals surface area (Å²) in [5.41, 5.74) is 2.21. The molecule has 0 unspecified atom stereocenters. The van der Waals surface area contributed by atoms with E-state index in [1.165, 1.54) is 23.7 Å². The molecule has 2 heterocycles. The minimum atomic E-state index is -0.357. The number of fused-ring (bicyclic) bond motifs is 1. The molecule has 0 bridgehead atoms. The molecule has 0 fully saturated rings. The number of aryl methyl sites for hydroxylation is 1. The number of nitrogens with one attached hydrogen (secondary N) is 1. The second kappa shape index (κ2) is 5.15. The highest BCUT2D eigenvalue weighted by molar-refractivity contribution is 7.22. The maximum atomic E-state index is 12.0. The van der Waals surface area contributed by atoms with E-state index in [4.69, 9.17) is 11.6 Å². The van der Waals surface area contributed by atoms with E-state index in [1.807, 2.05) is 25.1 Å². The van der Waals surface area contributed by atoms with Gasteiger partial charge in [-0.2, -0.15) is 0 Å². The molecule has 0 spiro atoms. The first-order valence-corrected chi connectivity index (χ1v) is 6.97. The molecule has 7 heteroatoms. The molecule has 0 radical (unpaired) electrons. The lowest BCUT2D eigenvalue weighted by Crippen LogP contribution is -2.13. The highest BCUT2D eigenvalue weighted by Crippen LogP contribution is 2.26. The number of thiazole rings is 1. The number of amides is 1. The summed E-state index contributed by atoms with van der Waals surface area (Å²) in [6.07, 6.45) is 2.66. The lowest BCUT2D eigenvalue weighted by molar-refractivity contribution is 0.102. The number of hydrogen-bond donors (Lipinski definition) is 1. The van der Waals surface area contributed by atoms with Crippen LogP contribution in [0.4, 0.5) is 5.13 Å². The standard InChI is InChI=1S/C13H9ClN4OS/c1-7-2-3-8-10(4-7)20-13(17-8)18-12(19)9-5-16-11(14)6-15-9/h2-6H,1H3,(H,17,18,19). The van der Waals surface area contributed by atoms with Gasteiger partial charge in [0.2, 0.25) is 0 Å². The SMILES string of the molecule is Cc1ccc2nc(NC(=O)c3cnc(Cl)cn3)sc2c1. The Morgan fingerprint density at radius 2 is 2.15 bits per heavy atom. The van der Waals surface area contributed by atoms with Crippen molar-refractivity contribution in [2.24, 2.45) is 0 Å². The zero-order valence-corrected chi connectivity index (χ0v) is 12.0. The van der Waals surface area contributed by atoms with Crippen molar-refractivity contribution in [1.29, 1.82) is 0 Å². The molecule has 20 heavy (non-hydrogen) atoms. The largest absolute Gasteiger partial charge is 0.296 e. The number of rotatable bonds is 2. The zero-order chi connectivity index (χ0) is 14.1. The first-order valence-electron chi connectivity index (χ1n) is 5.78. The van der Waals surface area contributed by atoms with Crippen molar-refractivity contribution in [2.75, 3.05) is 5.32 Å². The molecule has 3 aromatic rings. The average molecular weight is 305 g/mol. The van der Waals surface area contributed by atoms with Crippen LogP contribution in [0.1, 0.15) is 16.1 Å². The van der Waals surface area contributed by atoms with Crippen LogP contribution in [0.2, 0.25) is 5.15 Å². The Morgan fingerprint density at radius 1 is 1.30 bits per heavy atom. The lowest BCUT2D eigenvalue weighted by Gasteiger charge is -1.99. The second-order valence-electron chi connectivity index (χ2n) is 4.17. The van der Waals surface area contributed by atoms with Crippen LogP contribution in [0.5, 0.6) is 0 Å². The van der Waals surface area contributed by atoms with Gasteiger partial charge in [0, 0.05) is 0 Å². The molecular formula is C13H9ClN4OS.